The smallest absolute Gasteiger partial charge is 0.141 e. The van der Waals surface area contributed by atoms with E-state index >= 15 is 0 Å². The number of benzene rings is 2. The lowest BCUT2D eigenvalue weighted by molar-refractivity contribution is -0.124. The molecule has 0 N–H and O–H groups in total. The van der Waals surface area contributed by atoms with Crippen molar-refractivity contribution in [2.45, 2.75) is 103 Å². The minimum atomic E-state index is 0.243. The van der Waals surface area contributed by atoms with Crippen molar-refractivity contribution in [1.29, 1.82) is 0 Å². The monoisotopic (exact) mass is 486 g/mol. The van der Waals surface area contributed by atoms with Crippen molar-refractivity contribution in [3.05, 3.63) is 70.8 Å². The Morgan fingerprint density at radius 3 is 1.19 bits per heavy atom. The Kier molecular flexibility index (Phi) is 9.29. The predicted octanol–water partition coefficient (Wildman–Crippen LogP) is 7.55. The van der Waals surface area contributed by atoms with E-state index in [4.69, 9.17) is 0 Å². The van der Waals surface area contributed by atoms with Gasteiger partial charge in [-0.1, -0.05) is 62.4 Å². The highest BCUT2D eigenvalue weighted by atomic mass is 16.1. The molecule has 0 spiro atoms. The highest BCUT2D eigenvalue weighted by Gasteiger charge is 2.27. The summed E-state index contributed by atoms with van der Waals surface area (Å²) in [6, 6.07) is 17.2. The topological polar surface area (TPSA) is 51.2 Å². The van der Waals surface area contributed by atoms with Crippen LogP contribution in [-0.4, -0.2) is 17.3 Å². The van der Waals surface area contributed by atoms with Crippen molar-refractivity contribution in [2.75, 3.05) is 0 Å². The van der Waals surface area contributed by atoms with Crippen molar-refractivity contribution in [3.8, 4) is 0 Å². The summed E-state index contributed by atoms with van der Waals surface area (Å²) < 4.78 is 0. The molecule has 0 aromatic heterocycles. The molecule has 0 unspecified atom stereocenters. The molecule has 2 fully saturated rings. The molecule has 2 aromatic carbocycles. The van der Waals surface area contributed by atoms with E-state index in [-0.39, 0.29) is 17.6 Å². The lowest BCUT2D eigenvalue weighted by atomic mass is 9.76. The van der Waals surface area contributed by atoms with Gasteiger partial charge in [0.2, 0.25) is 0 Å². The molecule has 36 heavy (non-hydrogen) atoms. The fourth-order valence-corrected chi connectivity index (χ4v) is 6.41. The number of ketones is 3. The number of rotatable bonds is 10. The van der Waals surface area contributed by atoms with Gasteiger partial charge in [-0.25, -0.2) is 0 Å². The van der Waals surface area contributed by atoms with Crippen LogP contribution in [0.3, 0.4) is 0 Å². The summed E-state index contributed by atoms with van der Waals surface area (Å²) in [5.41, 5.74) is 4.84. The van der Waals surface area contributed by atoms with Gasteiger partial charge in [0.25, 0.3) is 0 Å². The van der Waals surface area contributed by atoms with Crippen LogP contribution in [0.5, 0.6) is 0 Å². The molecule has 192 valence electrons. The molecule has 0 saturated heterocycles. The van der Waals surface area contributed by atoms with Gasteiger partial charge >= 0.3 is 0 Å². The zero-order valence-corrected chi connectivity index (χ0v) is 22.1. The van der Waals surface area contributed by atoms with Crippen molar-refractivity contribution < 1.29 is 14.4 Å². The van der Waals surface area contributed by atoms with E-state index in [0.717, 1.165) is 62.5 Å². The Hall–Kier alpha value is -2.55. The van der Waals surface area contributed by atoms with E-state index in [9.17, 15) is 14.4 Å². The van der Waals surface area contributed by atoms with Crippen LogP contribution < -0.4 is 0 Å². The second-order valence-corrected chi connectivity index (χ2v) is 11.1. The van der Waals surface area contributed by atoms with E-state index in [1.165, 1.54) is 11.1 Å². The standard InChI is InChI=1S/C33H42O3/c1-3-32(35)29-17-13-27(14-18-29)25-9-5-23(6-10-25)21-31(34)22-24-7-11-26(12-8-24)28-15-19-30(20-16-28)33(36)4-2/h5-12,27-30H,3-4,13-22H2,1-2H3. The van der Waals surface area contributed by atoms with Gasteiger partial charge in [-0.3, -0.25) is 14.4 Å². The minimum absolute atomic E-state index is 0.243. The molecule has 2 aromatic rings. The zero-order valence-electron chi connectivity index (χ0n) is 22.1. The Morgan fingerprint density at radius 1 is 0.556 bits per heavy atom. The molecule has 4 rings (SSSR count). The second-order valence-electron chi connectivity index (χ2n) is 11.1. The summed E-state index contributed by atoms with van der Waals surface area (Å²) in [6.45, 7) is 3.93. The molecule has 0 heterocycles. The van der Waals surface area contributed by atoms with E-state index in [1.54, 1.807) is 0 Å². The van der Waals surface area contributed by atoms with E-state index in [2.05, 4.69) is 48.5 Å². The van der Waals surface area contributed by atoms with Crippen LogP contribution in [0.2, 0.25) is 0 Å². The van der Waals surface area contributed by atoms with Crippen LogP contribution in [0.25, 0.3) is 0 Å². The highest BCUT2D eigenvalue weighted by molar-refractivity contribution is 5.83. The Bertz CT molecular complexity index is 934. The third-order valence-electron chi connectivity index (χ3n) is 8.77. The van der Waals surface area contributed by atoms with Crippen molar-refractivity contribution in [1.82, 2.24) is 0 Å². The third kappa shape index (κ3) is 6.81. The van der Waals surface area contributed by atoms with Crippen LogP contribution in [0.1, 0.15) is 112 Å². The van der Waals surface area contributed by atoms with Gasteiger partial charge in [-0.05, 0) is 85.5 Å². The zero-order chi connectivity index (χ0) is 25.5. The summed E-state index contributed by atoms with van der Waals surface area (Å²) in [7, 11) is 0. The molecule has 3 nitrogen and oxygen atoms in total. The van der Waals surface area contributed by atoms with E-state index in [0.29, 0.717) is 49.1 Å². The first-order valence-corrected chi connectivity index (χ1v) is 14.2. The average Bonchev–Trinajstić information content (AvgIpc) is 2.93. The van der Waals surface area contributed by atoms with Crippen molar-refractivity contribution in [3.63, 3.8) is 0 Å². The largest absolute Gasteiger partial charge is 0.299 e. The first-order chi connectivity index (χ1) is 17.5. The van der Waals surface area contributed by atoms with Gasteiger partial charge < -0.3 is 0 Å². The van der Waals surface area contributed by atoms with E-state index < -0.39 is 0 Å². The van der Waals surface area contributed by atoms with Crippen LogP contribution >= 0.6 is 0 Å². The maximum Gasteiger partial charge on any atom is 0.141 e. The second kappa shape index (κ2) is 12.6. The normalized spacial score (nSPS) is 24.3. The number of hydrogen-bond acceptors (Lipinski definition) is 3. The van der Waals surface area contributed by atoms with Crippen LogP contribution in [0.4, 0.5) is 0 Å². The molecular formula is C33H42O3. The van der Waals surface area contributed by atoms with Gasteiger partial charge in [-0.15, -0.1) is 0 Å². The average molecular weight is 487 g/mol. The molecule has 2 saturated carbocycles. The maximum absolute atomic E-state index is 12.7. The molecule has 2 aliphatic carbocycles. The van der Waals surface area contributed by atoms with Gasteiger partial charge in [0.15, 0.2) is 0 Å². The first kappa shape index (κ1) is 26.5. The third-order valence-corrected chi connectivity index (χ3v) is 8.77. The van der Waals surface area contributed by atoms with Crippen LogP contribution in [0, 0.1) is 11.8 Å². The van der Waals surface area contributed by atoms with Gasteiger partial charge in [-0.2, -0.15) is 0 Å². The summed E-state index contributed by atoms with van der Waals surface area (Å²) in [5, 5.41) is 0. The maximum atomic E-state index is 12.7. The Balaban J connectivity index is 1.24. The van der Waals surface area contributed by atoms with Crippen molar-refractivity contribution in [2.24, 2.45) is 11.8 Å². The number of hydrogen-bond donors (Lipinski definition) is 0. The fourth-order valence-electron chi connectivity index (χ4n) is 6.41. The molecular weight excluding hydrogens is 444 g/mol. The molecule has 2 aliphatic rings. The minimum Gasteiger partial charge on any atom is -0.299 e. The molecule has 3 heteroatoms. The molecule has 0 radical (unpaired) electrons. The fraction of sp³-hybridized carbons (Fsp3) is 0.545. The quantitative estimate of drug-likeness (QED) is 0.348. The Labute approximate surface area is 217 Å². The summed E-state index contributed by atoms with van der Waals surface area (Å²) in [6.07, 6.45) is 10.6. The molecule has 0 atom stereocenters. The predicted molar refractivity (Wildman–Crippen MR) is 145 cm³/mol. The summed E-state index contributed by atoms with van der Waals surface area (Å²) in [4.78, 5) is 36.7. The van der Waals surface area contributed by atoms with Gasteiger partial charge in [0.1, 0.15) is 17.3 Å². The van der Waals surface area contributed by atoms with Gasteiger partial charge in [0.05, 0.1) is 0 Å². The number of Topliss-reactive ketones (excluding diaryl/α,β-unsaturated/α-hetero) is 3. The number of carbonyl (C=O) groups is 3. The van der Waals surface area contributed by atoms with Crippen LogP contribution in [-0.2, 0) is 27.2 Å². The van der Waals surface area contributed by atoms with Crippen LogP contribution in [0.15, 0.2) is 48.5 Å². The van der Waals surface area contributed by atoms with Crippen molar-refractivity contribution >= 4 is 17.3 Å². The highest BCUT2D eigenvalue weighted by Crippen LogP contribution is 2.37. The van der Waals surface area contributed by atoms with Gasteiger partial charge in [0, 0.05) is 37.5 Å². The molecule has 0 amide bonds. The molecule has 0 bridgehead atoms. The molecule has 0 aliphatic heterocycles. The SMILES string of the molecule is CCC(=O)C1CCC(c2ccc(CC(=O)Cc3ccc(C4CCC(C(=O)CC)CC4)cc3)cc2)CC1. The summed E-state index contributed by atoms with van der Waals surface area (Å²) >= 11 is 0. The number of carbonyl (C=O) groups excluding carboxylic acids is 3. The van der Waals surface area contributed by atoms with E-state index in [1.807, 2.05) is 13.8 Å². The Morgan fingerprint density at radius 2 is 0.889 bits per heavy atom. The first-order valence-electron chi connectivity index (χ1n) is 14.2. The lowest BCUT2D eigenvalue weighted by Crippen LogP contribution is -2.20. The summed E-state index contributed by atoms with van der Waals surface area (Å²) in [5.74, 6) is 2.70. The lowest BCUT2D eigenvalue weighted by Gasteiger charge is -2.28.